The zero-order chi connectivity index (χ0) is 17.8. The smallest absolute Gasteiger partial charge is 0.239 e. The number of nitrogens with zero attached hydrogens (tertiary/aromatic N) is 3. The SMILES string of the molecule is Cc1noc(CSCC(=O)Nc2onc(C)c2-c2ccc(F)cc2)n1. The number of anilines is 1. The van der Waals surface area contributed by atoms with Crippen molar-refractivity contribution in [1.82, 2.24) is 15.3 Å². The molecule has 0 aliphatic rings. The van der Waals surface area contributed by atoms with E-state index >= 15 is 0 Å². The number of nitrogens with one attached hydrogen (secondary N) is 1. The van der Waals surface area contributed by atoms with Crippen LogP contribution in [0.1, 0.15) is 17.4 Å². The molecule has 0 atom stereocenters. The third-order valence-electron chi connectivity index (χ3n) is 3.28. The van der Waals surface area contributed by atoms with Crippen molar-refractivity contribution < 1.29 is 18.2 Å². The van der Waals surface area contributed by atoms with Gasteiger partial charge in [-0.15, -0.1) is 11.8 Å². The number of hydrogen-bond donors (Lipinski definition) is 1. The van der Waals surface area contributed by atoms with Gasteiger partial charge in [-0.2, -0.15) is 4.98 Å². The van der Waals surface area contributed by atoms with E-state index in [0.29, 0.717) is 34.3 Å². The Hall–Kier alpha value is -2.68. The molecule has 0 fully saturated rings. The number of benzene rings is 1. The first-order valence-electron chi connectivity index (χ1n) is 7.42. The van der Waals surface area contributed by atoms with Gasteiger partial charge in [0.25, 0.3) is 0 Å². The molecule has 130 valence electrons. The highest BCUT2D eigenvalue weighted by Crippen LogP contribution is 2.31. The third-order valence-corrected chi connectivity index (χ3v) is 4.19. The zero-order valence-corrected chi connectivity index (χ0v) is 14.4. The van der Waals surface area contributed by atoms with Gasteiger partial charge < -0.3 is 9.05 Å². The second-order valence-corrected chi connectivity index (χ2v) is 6.24. The van der Waals surface area contributed by atoms with Crippen LogP contribution >= 0.6 is 11.8 Å². The van der Waals surface area contributed by atoms with E-state index in [1.165, 1.54) is 23.9 Å². The fraction of sp³-hybridized carbons (Fsp3) is 0.250. The largest absolute Gasteiger partial charge is 0.338 e. The van der Waals surface area contributed by atoms with E-state index in [0.717, 1.165) is 0 Å². The van der Waals surface area contributed by atoms with Crippen LogP contribution in [-0.4, -0.2) is 27.0 Å². The van der Waals surface area contributed by atoms with Gasteiger partial charge in [-0.3, -0.25) is 10.1 Å². The van der Waals surface area contributed by atoms with Crippen LogP contribution in [-0.2, 0) is 10.5 Å². The van der Waals surface area contributed by atoms with E-state index in [2.05, 4.69) is 20.6 Å². The molecule has 9 heteroatoms. The normalized spacial score (nSPS) is 10.8. The molecule has 0 radical (unpaired) electrons. The number of rotatable bonds is 6. The zero-order valence-electron chi connectivity index (χ0n) is 13.6. The summed E-state index contributed by atoms with van der Waals surface area (Å²) < 4.78 is 23.3. The molecule has 0 spiro atoms. The number of hydrogen-bond acceptors (Lipinski definition) is 7. The van der Waals surface area contributed by atoms with Crippen LogP contribution in [0.3, 0.4) is 0 Å². The lowest BCUT2D eigenvalue weighted by molar-refractivity contribution is -0.113. The van der Waals surface area contributed by atoms with E-state index in [4.69, 9.17) is 9.05 Å². The quantitative estimate of drug-likeness (QED) is 0.718. The molecule has 0 saturated carbocycles. The molecule has 1 amide bonds. The Kier molecular flexibility index (Phi) is 5.13. The van der Waals surface area contributed by atoms with Gasteiger partial charge in [-0.1, -0.05) is 22.4 Å². The minimum atomic E-state index is -0.337. The van der Waals surface area contributed by atoms with Crippen LogP contribution in [0, 0.1) is 19.7 Å². The van der Waals surface area contributed by atoms with Crippen molar-refractivity contribution in [3.8, 4) is 11.1 Å². The van der Waals surface area contributed by atoms with Gasteiger partial charge >= 0.3 is 0 Å². The minimum absolute atomic E-state index is 0.185. The minimum Gasteiger partial charge on any atom is -0.338 e. The number of carbonyl (C=O) groups is 1. The van der Waals surface area contributed by atoms with Crippen LogP contribution in [0.5, 0.6) is 0 Å². The number of amides is 1. The molecule has 0 saturated heterocycles. The maximum absolute atomic E-state index is 13.1. The van der Waals surface area contributed by atoms with Crippen molar-refractivity contribution in [2.24, 2.45) is 0 Å². The molecule has 3 rings (SSSR count). The Morgan fingerprint density at radius 1 is 1.20 bits per heavy atom. The molecule has 0 bridgehead atoms. The van der Waals surface area contributed by atoms with Gasteiger partial charge in [-0.05, 0) is 31.5 Å². The molecular formula is C16H15FN4O3S. The Bertz CT molecular complexity index is 876. The van der Waals surface area contributed by atoms with Crippen molar-refractivity contribution in [2.45, 2.75) is 19.6 Å². The predicted molar refractivity (Wildman–Crippen MR) is 90.5 cm³/mol. The topological polar surface area (TPSA) is 94.1 Å². The van der Waals surface area contributed by atoms with Crippen LogP contribution < -0.4 is 5.32 Å². The van der Waals surface area contributed by atoms with Crippen molar-refractivity contribution in [1.29, 1.82) is 0 Å². The Balaban J connectivity index is 1.62. The van der Waals surface area contributed by atoms with Gasteiger partial charge in [0, 0.05) is 0 Å². The molecule has 0 unspecified atom stereocenters. The van der Waals surface area contributed by atoms with E-state index in [1.54, 1.807) is 26.0 Å². The Morgan fingerprint density at radius 2 is 1.96 bits per heavy atom. The summed E-state index contributed by atoms with van der Waals surface area (Å²) in [6.07, 6.45) is 0. The Labute approximate surface area is 147 Å². The molecule has 3 aromatic rings. The van der Waals surface area contributed by atoms with Crippen molar-refractivity contribution >= 4 is 23.6 Å². The number of aromatic nitrogens is 3. The van der Waals surface area contributed by atoms with Gasteiger partial charge in [0.05, 0.1) is 22.8 Å². The van der Waals surface area contributed by atoms with Crippen LogP contribution in [0.2, 0.25) is 0 Å². The molecule has 0 aliphatic carbocycles. The lowest BCUT2D eigenvalue weighted by Crippen LogP contribution is -2.14. The maximum atomic E-state index is 13.1. The second-order valence-electron chi connectivity index (χ2n) is 5.26. The van der Waals surface area contributed by atoms with Crippen LogP contribution in [0.15, 0.2) is 33.3 Å². The first-order valence-corrected chi connectivity index (χ1v) is 8.57. The summed E-state index contributed by atoms with van der Waals surface area (Å²) >= 11 is 1.34. The van der Waals surface area contributed by atoms with E-state index in [-0.39, 0.29) is 23.4 Å². The molecule has 25 heavy (non-hydrogen) atoms. The summed E-state index contributed by atoms with van der Waals surface area (Å²) in [6, 6.07) is 5.90. The summed E-state index contributed by atoms with van der Waals surface area (Å²) in [5.41, 5.74) is 1.95. The van der Waals surface area contributed by atoms with Gasteiger partial charge in [0.1, 0.15) is 5.82 Å². The molecule has 2 aromatic heterocycles. The third kappa shape index (κ3) is 4.24. The van der Waals surface area contributed by atoms with Crippen LogP contribution in [0.25, 0.3) is 11.1 Å². The number of aryl methyl sites for hydroxylation is 2. The molecule has 0 aliphatic heterocycles. The average molecular weight is 362 g/mol. The highest BCUT2D eigenvalue weighted by Gasteiger charge is 2.17. The molecule has 1 aromatic carbocycles. The molecule has 2 heterocycles. The number of thioether (sulfide) groups is 1. The molecular weight excluding hydrogens is 347 g/mol. The van der Waals surface area contributed by atoms with Crippen molar-refractivity contribution in [3.05, 3.63) is 47.5 Å². The highest BCUT2D eigenvalue weighted by atomic mass is 32.2. The predicted octanol–water partition coefficient (Wildman–Crippen LogP) is 3.35. The van der Waals surface area contributed by atoms with Gasteiger partial charge in [0.2, 0.25) is 17.7 Å². The molecule has 1 N–H and O–H groups in total. The molecule has 7 nitrogen and oxygen atoms in total. The average Bonchev–Trinajstić information content (AvgIpc) is 3.15. The summed E-state index contributed by atoms with van der Waals surface area (Å²) in [4.78, 5) is 16.2. The standard InChI is InChI=1S/C16H15FN4O3S/c1-9-15(11-3-5-12(17)6-4-11)16(24-20-9)19-13(22)7-25-8-14-18-10(2)21-23-14/h3-6H,7-8H2,1-2H3,(H,19,22). The lowest BCUT2D eigenvalue weighted by Gasteiger charge is -2.04. The fourth-order valence-corrected chi connectivity index (χ4v) is 2.86. The van der Waals surface area contributed by atoms with E-state index in [9.17, 15) is 9.18 Å². The highest BCUT2D eigenvalue weighted by molar-refractivity contribution is 7.99. The van der Waals surface area contributed by atoms with Crippen molar-refractivity contribution in [3.63, 3.8) is 0 Å². The maximum Gasteiger partial charge on any atom is 0.239 e. The lowest BCUT2D eigenvalue weighted by atomic mass is 10.1. The second kappa shape index (κ2) is 7.47. The fourth-order valence-electron chi connectivity index (χ4n) is 2.20. The van der Waals surface area contributed by atoms with E-state index < -0.39 is 0 Å². The van der Waals surface area contributed by atoms with Gasteiger partial charge in [-0.25, -0.2) is 4.39 Å². The summed E-state index contributed by atoms with van der Waals surface area (Å²) in [5.74, 6) is 1.30. The number of halogens is 1. The number of carbonyl (C=O) groups excluding carboxylic acids is 1. The van der Waals surface area contributed by atoms with Gasteiger partial charge in [0.15, 0.2) is 5.82 Å². The summed E-state index contributed by atoms with van der Waals surface area (Å²) in [6.45, 7) is 3.48. The van der Waals surface area contributed by atoms with Crippen molar-refractivity contribution in [2.75, 3.05) is 11.1 Å². The first kappa shape index (κ1) is 17.2. The monoisotopic (exact) mass is 362 g/mol. The summed E-state index contributed by atoms with van der Waals surface area (Å²) in [5, 5.41) is 10.2. The Morgan fingerprint density at radius 3 is 2.64 bits per heavy atom. The first-order chi connectivity index (χ1) is 12.0. The van der Waals surface area contributed by atoms with Crippen LogP contribution in [0.4, 0.5) is 10.3 Å². The van der Waals surface area contributed by atoms with E-state index in [1.807, 2.05) is 0 Å². The summed E-state index contributed by atoms with van der Waals surface area (Å²) in [7, 11) is 0.